The number of alkyl halides is 3. The van der Waals surface area contributed by atoms with E-state index in [-0.39, 0.29) is 4.90 Å². The normalized spacial score (nSPS) is 14.1. The summed E-state index contributed by atoms with van der Waals surface area (Å²) in [6, 6.07) is 11.5. The Bertz CT molecular complexity index is 1200. The number of rotatable bonds is 4. The molecule has 1 N–H and O–H groups in total. The molecule has 158 valence electrons. The monoisotopic (exact) mass is 434 g/mol. The summed E-state index contributed by atoms with van der Waals surface area (Å²) < 4.78 is 67.7. The highest BCUT2D eigenvalue weighted by molar-refractivity contribution is 7.90. The number of aromatic nitrogens is 1. The number of benzene rings is 2. The number of hydrogen-bond acceptors (Lipinski definition) is 3. The summed E-state index contributed by atoms with van der Waals surface area (Å²) in [5, 5.41) is 3.06. The van der Waals surface area contributed by atoms with E-state index in [0.29, 0.717) is 24.7 Å². The fraction of sp³-hybridized carbons (Fsp3) is 0.273. The SMILES string of the molecule is CNCc1cn(S(=O)(=O)c2cccc(C(F)(F)F)c2)c2c1CCCc1ccccc1-2. The predicted octanol–water partition coefficient (Wildman–Crippen LogP) is 4.62. The average Bonchev–Trinajstić information content (AvgIpc) is 2.96. The number of nitrogens with one attached hydrogen (secondary N) is 1. The van der Waals surface area contributed by atoms with Gasteiger partial charge in [-0.1, -0.05) is 30.3 Å². The van der Waals surface area contributed by atoms with Crippen molar-refractivity contribution in [2.45, 2.75) is 36.9 Å². The van der Waals surface area contributed by atoms with Gasteiger partial charge in [0.15, 0.2) is 0 Å². The van der Waals surface area contributed by atoms with Crippen LogP contribution in [0.5, 0.6) is 0 Å². The van der Waals surface area contributed by atoms with Gasteiger partial charge in [-0.05, 0) is 61.2 Å². The lowest BCUT2D eigenvalue weighted by Crippen LogP contribution is -2.15. The molecule has 30 heavy (non-hydrogen) atoms. The lowest BCUT2D eigenvalue weighted by atomic mass is 10.0. The van der Waals surface area contributed by atoms with Crippen LogP contribution in [0.15, 0.2) is 59.6 Å². The molecule has 3 aromatic rings. The van der Waals surface area contributed by atoms with E-state index in [9.17, 15) is 21.6 Å². The zero-order valence-electron chi connectivity index (χ0n) is 16.3. The fourth-order valence-corrected chi connectivity index (χ4v) is 5.50. The standard InChI is InChI=1S/C22H21F3N2O2S/c1-26-13-16-14-27(21-19-10-3-2-6-15(19)7-4-11-20(16)21)30(28,29)18-9-5-8-17(12-18)22(23,24)25/h2-3,5-6,8-10,12,14,26H,4,7,11,13H2,1H3. The van der Waals surface area contributed by atoms with Crippen LogP contribution >= 0.6 is 0 Å². The minimum absolute atomic E-state index is 0.382. The van der Waals surface area contributed by atoms with E-state index in [4.69, 9.17) is 0 Å². The first-order chi connectivity index (χ1) is 14.2. The molecule has 0 spiro atoms. The summed E-state index contributed by atoms with van der Waals surface area (Å²) in [5.41, 5.74) is 3.15. The molecule has 2 aromatic carbocycles. The maximum absolute atomic E-state index is 13.5. The van der Waals surface area contributed by atoms with E-state index < -0.39 is 21.8 Å². The summed E-state index contributed by atoms with van der Waals surface area (Å²) >= 11 is 0. The van der Waals surface area contributed by atoms with E-state index >= 15 is 0 Å². The van der Waals surface area contributed by atoms with Crippen LogP contribution in [0, 0.1) is 0 Å². The largest absolute Gasteiger partial charge is 0.416 e. The highest BCUT2D eigenvalue weighted by atomic mass is 32.2. The minimum Gasteiger partial charge on any atom is -0.316 e. The van der Waals surface area contributed by atoms with Gasteiger partial charge in [0.05, 0.1) is 16.2 Å². The van der Waals surface area contributed by atoms with Crippen LogP contribution in [0.4, 0.5) is 13.2 Å². The Balaban J connectivity index is 1.97. The summed E-state index contributed by atoms with van der Waals surface area (Å²) in [6.07, 6.45) is -0.699. The summed E-state index contributed by atoms with van der Waals surface area (Å²) in [6.45, 7) is 0.468. The van der Waals surface area contributed by atoms with Gasteiger partial charge in [-0.3, -0.25) is 0 Å². The molecular formula is C22H21F3N2O2S. The first kappa shape index (κ1) is 20.7. The van der Waals surface area contributed by atoms with Crippen molar-refractivity contribution < 1.29 is 21.6 Å². The molecule has 1 aromatic heterocycles. The molecule has 4 nitrogen and oxygen atoms in total. The summed E-state index contributed by atoms with van der Waals surface area (Å²) in [7, 11) is -2.46. The Hall–Kier alpha value is -2.58. The molecule has 1 aliphatic rings. The van der Waals surface area contributed by atoms with Gasteiger partial charge in [-0.15, -0.1) is 0 Å². The van der Waals surface area contributed by atoms with E-state index in [1.165, 1.54) is 6.07 Å². The van der Waals surface area contributed by atoms with Crippen molar-refractivity contribution in [2.24, 2.45) is 0 Å². The molecule has 0 amide bonds. The van der Waals surface area contributed by atoms with Gasteiger partial charge >= 0.3 is 6.18 Å². The van der Waals surface area contributed by atoms with Crippen molar-refractivity contribution in [3.8, 4) is 11.3 Å². The Morgan fingerprint density at radius 2 is 1.83 bits per heavy atom. The van der Waals surface area contributed by atoms with Gasteiger partial charge in [0.2, 0.25) is 0 Å². The third kappa shape index (κ3) is 3.54. The molecule has 0 bridgehead atoms. The first-order valence-corrected chi connectivity index (χ1v) is 11.1. The van der Waals surface area contributed by atoms with Crippen LogP contribution < -0.4 is 5.32 Å². The van der Waals surface area contributed by atoms with Gasteiger partial charge in [0.25, 0.3) is 10.0 Å². The molecule has 0 fully saturated rings. The van der Waals surface area contributed by atoms with E-state index in [1.807, 2.05) is 24.3 Å². The molecule has 0 unspecified atom stereocenters. The number of aryl methyl sites for hydroxylation is 1. The summed E-state index contributed by atoms with van der Waals surface area (Å²) in [5.74, 6) is 0. The second-order valence-corrected chi connectivity index (χ2v) is 9.16. The molecule has 1 aliphatic carbocycles. The van der Waals surface area contributed by atoms with E-state index in [2.05, 4.69) is 5.32 Å². The van der Waals surface area contributed by atoms with Gasteiger partial charge in [-0.25, -0.2) is 12.4 Å². The van der Waals surface area contributed by atoms with Crippen LogP contribution in [-0.4, -0.2) is 19.4 Å². The van der Waals surface area contributed by atoms with Crippen molar-refractivity contribution in [1.82, 2.24) is 9.29 Å². The maximum Gasteiger partial charge on any atom is 0.416 e. The topological polar surface area (TPSA) is 51.1 Å². The molecule has 0 aliphatic heterocycles. The Morgan fingerprint density at radius 3 is 2.57 bits per heavy atom. The van der Waals surface area contributed by atoms with Crippen molar-refractivity contribution in [3.05, 3.63) is 77.0 Å². The van der Waals surface area contributed by atoms with Crippen LogP contribution in [0.25, 0.3) is 11.3 Å². The molecular weight excluding hydrogens is 413 g/mol. The highest BCUT2D eigenvalue weighted by Gasteiger charge is 2.33. The smallest absolute Gasteiger partial charge is 0.316 e. The van der Waals surface area contributed by atoms with Gasteiger partial charge < -0.3 is 5.32 Å². The molecule has 0 saturated heterocycles. The lowest BCUT2D eigenvalue weighted by Gasteiger charge is -2.14. The Kier molecular flexibility index (Phi) is 5.23. The molecule has 0 atom stereocenters. The second kappa shape index (κ2) is 7.59. The zero-order valence-corrected chi connectivity index (χ0v) is 17.1. The van der Waals surface area contributed by atoms with Gasteiger partial charge in [-0.2, -0.15) is 13.2 Å². The van der Waals surface area contributed by atoms with Crippen LogP contribution in [0.2, 0.25) is 0 Å². The predicted molar refractivity (Wildman–Crippen MR) is 109 cm³/mol. The molecule has 0 saturated carbocycles. The lowest BCUT2D eigenvalue weighted by molar-refractivity contribution is -0.137. The van der Waals surface area contributed by atoms with Crippen LogP contribution in [0.1, 0.15) is 28.7 Å². The van der Waals surface area contributed by atoms with Crippen molar-refractivity contribution in [3.63, 3.8) is 0 Å². The molecule has 0 radical (unpaired) electrons. The second-order valence-electron chi connectivity index (χ2n) is 7.35. The Labute approximate surface area is 173 Å². The average molecular weight is 434 g/mol. The van der Waals surface area contributed by atoms with Crippen LogP contribution in [-0.2, 0) is 35.6 Å². The van der Waals surface area contributed by atoms with E-state index in [1.54, 1.807) is 13.2 Å². The van der Waals surface area contributed by atoms with Crippen molar-refractivity contribution in [2.75, 3.05) is 7.05 Å². The van der Waals surface area contributed by atoms with E-state index in [0.717, 1.165) is 51.2 Å². The van der Waals surface area contributed by atoms with Crippen molar-refractivity contribution in [1.29, 1.82) is 0 Å². The van der Waals surface area contributed by atoms with Crippen molar-refractivity contribution >= 4 is 10.0 Å². The number of nitrogens with zero attached hydrogens (tertiary/aromatic N) is 1. The highest BCUT2D eigenvalue weighted by Crippen LogP contribution is 2.38. The third-order valence-electron chi connectivity index (χ3n) is 5.40. The minimum atomic E-state index is -4.62. The number of hydrogen-bond donors (Lipinski definition) is 1. The van der Waals surface area contributed by atoms with Gasteiger partial charge in [0.1, 0.15) is 0 Å². The molecule has 1 heterocycles. The number of halogens is 3. The van der Waals surface area contributed by atoms with Gasteiger partial charge in [0, 0.05) is 18.3 Å². The zero-order chi connectivity index (χ0) is 21.5. The maximum atomic E-state index is 13.5. The molecule has 4 rings (SSSR count). The quantitative estimate of drug-likeness (QED) is 0.652. The molecule has 8 heteroatoms. The fourth-order valence-electron chi connectivity index (χ4n) is 4.03. The summed E-state index contributed by atoms with van der Waals surface area (Å²) in [4.78, 5) is -0.382. The van der Waals surface area contributed by atoms with Crippen LogP contribution in [0.3, 0.4) is 0 Å². The number of fused-ring (bicyclic) bond motifs is 3. The third-order valence-corrected chi connectivity index (χ3v) is 7.05. The Morgan fingerprint density at radius 1 is 1.07 bits per heavy atom. The first-order valence-electron chi connectivity index (χ1n) is 9.62.